The summed E-state index contributed by atoms with van der Waals surface area (Å²) in [5.74, 6) is 0. The lowest BCUT2D eigenvalue weighted by Gasteiger charge is -2.29. The van der Waals surface area contributed by atoms with E-state index in [1.807, 2.05) is 0 Å². The second kappa shape index (κ2) is 16.7. The van der Waals surface area contributed by atoms with E-state index in [0.717, 1.165) is 22.6 Å². The van der Waals surface area contributed by atoms with Gasteiger partial charge in [-0.05, 0) is 125 Å². The van der Waals surface area contributed by atoms with Gasteiger partial charge in [0.15, 0.2) is 0 Å². The fourth-order valence-electron chi connectivity index (χ4n) is 9.26. The Kier molecular flexibility index (Phi) is 9.97. The molecule has 0 heterocycles. The first kappa shape index (κ1) is 37.7. The third kappa shape index (κ3) is 7.26. The predicted octanol–water partition coefficient (Wildman–Crippen LogP) is 17.5. The van der Waals surface area contributed by atoms with E-state index < -0.39 is 0 Å². The van der Waals surface area contributed by atoms with Crippen LogP contribution in [0.5, 0.6) is 0 Å². The van der Waals surface area contributed by atoms with Crippen LogP contribution in [-0.2, 0) is 0 Å². The van der Waals surface area contributed by atoms with Gasteiger partial charge in [-0.2, -0.15) is 0 Å². The number of fused-ring (bicyclic) bond motifs is 3. The number of hydrogen-bond donors (Lipinski definition) is 0. The topological polar surface area (TPSA) is 3.24 Å². The summed E-state index contributed by atoms with van der Waals surface area (Å²) in [6.45, 7) is 0. The third-order valence-electron chi connectivity index (χ3n) is 12.3. The summed E-state index contributed by atoms with van der Waals surface area (Å²) >= 11 is 0. The number of rotatable bonds is 9. The van der Waals surface area contributed by atoms with Gasteiger partial charge in [-0.1, -0.05) is 218 Å². The van der Waals surface area contributed by atoms with Crippen molar-refractivity contribution in [2.75, 3.05) is 4.90 Å². The highest BCUT2D eigenvalue weighted by molar-refractivity contribution is 6.13. The Morgan fingerprint density at radius 1 is 0.206 bits per heavy atom. The van der Waals surface area contributed by atoms with Crippen LogP contribution in [0.15, 0.2) is 261 Å². The van der Waals surface area contributed by atoms with Gasteiger partial charge in [-0.15, -0.1) is 0 Å². The van der Waals surface area contributed by atoms with Crippen molar-refractivity contribution in [2.24, 2.45) is 0 Å². The average Bonchev–Trinajstić information content (AvgIpc) is 3.37. The lowest BCUT2D eigenvalue weighted by Crippen LogP contribution is -2.11. The van der Waals surface area contributed by atoms with Crippen molar-refractivity contribution in [3.63, 3.8) is 0 Å². The number of anilines is 3. The van der Waals surface area contributed by atoms with Gasteiger partial charge < -0.3 is 4.90 Å². The summed E-state index contributed by atoms with van der Waals surface area (Å²) in [6, 6.07) is 94.6. The minimum atomic E-state index is 1.08. The molecule has 0 saturated heterocycles. The zero-order chi connectivity index (χ0) is 42.0. The first-order valence-electron chi connectivity index (χ1n) is 21.7. The van der Waals surface area contributed by atoms with Crippen LogP contribution in [-0.4, -0.2) is 0 Å². The fourth-order valence-corrected chi connectivity index (χ4v) is 9.26. The van der Waals surface area contributed by atoms with Gasteiger partial charge in [0.25, 0.3) is 0 Å². The van der Waals surface area contributed by atoms with Crippen LogP contribution in [0.1, 0.15) is 0 Å². The molecule has 1 heteroatoms. The van der Waals surface area contributed by atoms with Gasteiger partial charge in [0, 0.05) is 16.9 Å². The van der Waals surface area contributed by atoms with Gasteiger partial charge in [0.1, 0.15) is 0 Å². The van der Waals surface area contributed by atoms with Crippen molar-refractivity contribution in [1.82, 2.24) is 0 Å². The molecule has 0 N–H and O–H groups in total. The molecule has 0 fully saturated rings. The van der Waals surface area contributed by atoms with E-state index >= 15 is 0 Å². The SMILES string of the molecule is c1ccc(-c2cccc(-c3ccc(N(c4ccc(-c5cc6ccccc6c6ccccc56)cc4)c4ccccc4-c4ccccc4-c4ccccc4-c4ccccc4)cc3)c2)cc1. The molecule has 296 valence electrons. The van der Waals surface area contributed by atoms with Crippen molar-refractivity contribution >= 4 is 38.6 Å². The molecule has 1 nitrogen and oxygen atoms in total. The van der Waals surface area contributed by atoms with E-state index in [2.05, 4.69) is 266 Å². The molecule has 0 aliphatic rings. The van der Waals surface area contributed by atoms with E-state index in [4.69, 9.17) is 0 Å². The molecule has 0 atom stereocenters. The van der Waals surface area contributed by atoms with Gasteiger partial charge in [0.2, 0.25) is 0 Å². The number of benzene rings is 11. The van der Waals surface area contributed by atoms with Crippen LogP contribution in [0.2, 0.25) is 0 Å². The van der Waals surface area contributed by atoms with Gasteiger partial charge in [-0.25, -0.2) is 0 Å². The normalized spacial score (nSPS) is 11.2. The van der Waals surface area contributed by atoms with E-state index in [0.29, 0.717) is 0 Å². The minimum absolute atomic E-state index is 1.08. The van der Waals surface area contributed by atoms with Crippen molar-refractivity contribution in [1.29, 1.82) is 0 Å². The Hall–Kier alpha value is -8.26. The lowest BCUT2D eigenvalue weighted by molar-refractivity contribution is 1.28. The minimum Gasteiger partial charge on any atom is -0.310 e. The first-order valence-corrected chi connectivity index (χ1v) is 21.7. The maximum Gasteiger partial charge on any atom is 0.0540 e. The van der Waals surface area contributed by atoms with Crippen LogP contribution in [0.3, 0.4) is 0 Å². The highest BCUT2D eigenvalue weighted by Crippen LogP contribution is 2.46. The quantitative estimate of drug-likeness (QED) is 0.131. The first-order chi connectivity index (χ1) is 31.3. The molecule has 0 bridgehead atoms. The fraction of sp³-hybridized carbons (Fsp3) is 0. The van der Waals surface area contributed by atoms with Crippen molar-refractivity contribution in [3.05, 3.63) is 261 Å². The zero-order valence-corrected chi connectivity index (χ0v) is 34.8. The van der Waals surface area contributed by atoms with Crippen LogP contribution < -0.4 is 4.90 Å². The Bertz CT molecular complexity index is 3370. The van der Waals surface area contributed by atoms with E-state index in [-0.39, 0.29) is 0 Å². The Labute approximate surface area is 369 Å². The molecule has 0 radical (unpaired) electrons. The maximum atomic E-state index is 2.42. The highest BCUT2D eigenvalue weighted by atomic mass is 15.1. The molecule has 0 aliphatic heterocycles. The van der Waals surface area contributed by atoms with Crippen molar-refractivity contribution in [2.45, 2.75) is 0 Å². The molecule has 0 amide bonds. The molecule has 63 heavy (non-hydrogen) atoms. The largest absolute Gasteiger partial charge is 0.310 e. The van der Waals surface area contributed by atoms with Crippen LogP contribution in [0.25, 0.3) is 88.3 Å². The van der Waals surface area contributed by atoms with E-state index in [1.165, 1.54) is 82.7 Å². The summed E-state index contributed by atoms with van der Waals surface area (Å²) in [6.07, 6.45) is 0. The van der Waals surface area contributed by atoms with Crippen LogP contribution in [0, 0.1) is 0 Å². The predicted molar refractivity (Wildman–Crippen MR) is 269 cm³/mol. The van der Waals surface area contributed by atoms with E-state index in [1.54, 1.807) is 0 Å². The van der Waals surface area contributed by atoms with Crippen molar-refractivity contribution < 1.29 is 0 Å². The number of para-hydroxylation sites is 1. The Morgan fingerprint density at radius 2 is 0.619 bits per heavy atom. The molecule has 0 aromatic heterocycles. The standard InChI is InChI=1S/C62H43N/c1-3-18-44(19-4-1)48-23-17-24-49(42-48)45-34-38-51(39-35-45)63(52-40-36-47(37-41-52)61-43-50-22-7-8-26-54(50)56-28-11-14-31-59(56)61)62-33-16-15-32-60(62)58-30-13-12-29-57(58)55-27-10-9-25-53(55)46-20-5-2-6-21-46/h1-43H. The van der Waals surface area contributed by atoms with Crippen LogP contribution in [0.4, 0.5) is 17.1 Å². The van der Waals surface area contributed by atoms with Crippen molar-refractivity contribution in [3.8, 4) is 66.8 Å². The summed E-state index contributed by atoms with van der Waals surface area (Å²) in [5, 5.41) is 5.04. The van der Waals surface area contributed by atoms with Gasteiger partial charge in [0.05, 0.1) is 5.69 Å². The number of nitrogens with zero attached hydrogens (tertiary/aromatic N) is 1. The van der Waals surface area contributed by atoms with Gasteiger partial charge in [-0.3, -0.25) is 0 Å². The zero-order valence-electron chi connectivity index (χ0n) is 34.8. The smallest absolute Gasteiger partial charge is 0.0540 e. The maximum absolute atomic E-state index is 2.42. The highest BCUT2D eigenvalue weighted by Gasteiger charge is 2.21. The molecule has 0 unspecified atom stereocenters. The lowest BCUT2D eigenvalue weighted by atomic mass is 9.88. The second-order valence-corrected chi connectivity index (χ2v) is 16.0. The second-order valence-electron chi connectivity index (χ2n) is 16.0. The van der Waals surface area contributed by atoms with Gasteiger partial charge >= 0.3 is 0 Å². The third-order valence-corrected chi connectivity index (χ3v) is 12.3. The number of hydrogen-bond acceptors (Lipinski definition) is 1. The average molecular weight is 802 g/mol. The molecule has 0 saturated carbocycles. The molecule has 0 spiro atoms. The molecule has 0 aliphatic carbocycles. The summed E-state index contributed by atoms with van der Waals surface area (Å²) in [4.78, 5) is 2.42. The molecule has 11 aromatic rings. The monoisotopic (exact) mass is 801 g/mol. The molecule has 11 rings (SSSR count). The molecular formula is C62H43N. The summed E-state index contributed by atoms with van der Waals surface area (Å²) in [7, 11) is 0. The Balaban J connectivity index is 1.06. The molecule has 11 aromatic carbocycles. The van der Waals surface area contributed by atoms with E-state index in [9.17, 15) is 0 Å². The molecular weight excluding hydrogens is 759 g/mol. The Morgan fingerprint density at radius 3 is 1.27 bits per heavy atom. The summed E-state index contributed by atoms with van der Waals surface area (Å²) < 4.78 is 0. The summed E-state index contributed by atoms with van der Waals surface area (Å²) in [5.41, 5.74) is 17.6. The van der Waals surface area contributed by atoms with Crippen LogP contribution >= 0.6 is 0 Å².